The number of benzene rings is 1. The molecule has 0 saturated carbocycles. The van der Waals surface area contributed by atoms with Crippen LogP contribution in [-0.4, -0.2) is 23.9 Å². The summed E-state index contributed by atoms with van der Waals surface area (Å²) in [5, 5.41) is 8.38. The summed E-state index contributed by atoms with van der Waals surface area (Å²) in [6, 6.07) is 5.68. The Morgan fingerprint density at radius 1 is 1.50 bits per heavy atom. The Labute approximate surface area is 86.3 Å². The van der Waals surface area contributed by atoms with Crippen molar-refractivity contribution in [3.63, 3.8) is 0 Å². The molecule has 0 saturated heterocycles. The molecule has 2 radical (unpaired) electrons. The number of anilines is 1. The van der Waals surface area contributed by atoms with E-state index in [2.05, 4.69) is 5.43 Å². The van der Waals surface area contributed by atoms with E-state index in [9.17, 15) is 4.39 Å². The number of nitrogens with one attached hydrogen (secondary N) is 1. The fourth-order valence-corrected chi connectivity index (χ4v) is 0.701. The van der Waals surface area contributed by atoms with Crippen molar-refractivity contribution in [1.29, 1.82) is 5.26 Å². The van der Waals surface area contributed by atoms with Crippen LogP contribution in [0, 0.1) is 17.1 Å². The molecule has 5 heteroatoms. The third-order valence-electron chi connectivity index (χ3n) is 1.25. The quantitative estimate of drug-likeness (QED) is 0.432. The summed E-state index contributed by atoms with van der Waals surface area (Å²) in [7, 11) is 0. The first kappa shape index (κ1) is 11.2. The van der Waals surface area contributed by atoms with Crippen LogP contribution in [0.25, 0.3) is 0 Å². The summed E-state index contributed by atoms with van der Waals surface area (Å²) < 4.78 is 12.6. The molecule has 3 N–H and O–H groups in total. The Morgan fingerprint density at radius 2 is 2.17 bits per heavy atom. The van der Waals surface area contributed by atoms with E-state index in [1.54, 1.807) is 6.07 Å². The molecular formula is C7H8FN3Sn. The molecule has 0 heterocycles. The zero-order chi connectivity index (χ0) is 8.27. The number of halogens is 1. The van der Waals surface area contributed by atoms with Gasteiger partial charge < -0.3 is 5.43 Å². The van der Waals surface area contributed by atoms with E-state index < -0.39 is 5.82 Å². The molecule has 0 aromatic heterocycles. The van der Waals surface area contributed by atoms with E-state index in [1.807, 2.05) is 0 Å². The number of nitrogens with two attached hydrogens (primary N) is 1. The molecule has 0 aliphatic heterocycles. The summed E-state index contributed by atoms with van der Waals surface area (Å²) in [6.45, 7) is 0. The van der Waals surface area contributed by atoms with Gasteiger partial charge in [-0.3, -0.25) is 5.84 Å². The van der Waals surface area contributed by atoms with Crippen LogP contribution in [0.3, 0.4) is 0 Å². The van der Waals surface area contributed by atoms with E-state index in [0.717, 1.165) is 0 Å². The van der Waals surface area contributed by atoms with Crippen molar-refractivity contribution in [2.24, 2.45) is 5.84 Å². The maximum atomic E-state index is 12.6. The Kier molecular flexibility index (Phi) is 4.62. The maximum absolute atomic E-state index is 12.6. The van der Waals surface area contributed by atoms with Gasteiger partial charge in [0.25, 0.3) is 0 Å². The molecular weight excluding hydrogens is 264 g/mol. The van der Waals surface area contributed by atoms with Gasteiger partial charge in [0.15, 0.2) is 0 Å². The molecule has 1 aromatic rings. The first-order chi connectivity index (χ1) is 5.27. The number of hydrogen-bond acceptors (Lipinski definition) is 3. The van der Waals surface area contributed by atoms with Gasteiger partial charge in [0, 0.05) is 5.69 Å². The van der Waals surface area contributed by atoms with Crippen LogP contribution < -0.4 is 11.3 Å². The van der Waals surface area contributed by atoms with Crippen molar-refractivity contribution < 1.29 is 4.39 Å². The molecule has 0 aliphatic carbocycles. The van der Waals surface area contributed by atoms with Crippen molar-refractivity contribution in [3.8, 4) is 6.07 Å². The van der Waals surface area contributed by atoms with Gasteiger partial charge in [-0.25, -0.2) is 4.39 Å². The number of hydrazine groups is 1. The normalized spacial score (nSPS) is 8.08. The predicted octanol–water partition coefficient (Wildman–Crippen LogP) is 0.0668. The van der Waals surface area contributed by atoms with Crippen molar-refractivity contribution in [2.45, 2.75) is 0 Å². The molecule has 0 atom stereocenters. The van der Waals surface area contributed by atoms with Crippen LogP contribution >= 0.6 is 0 Å². The molecule has 1 rings (SSSR count). The molecule has 0 spiro atoms. The van der Waals surface area contributed by atoms with E-state index in [4.69, 9.17) is 11.1 Å². The minimum absolute atomic E-state index is 0. The Bertz CT molecular complexity index is 308. The van der Waals surface area contributed by atoms with Crippen molar-refractivity contribution in [3.05, 3.63) is 29.6 Å². The predicted molar refractivity (Wildman–Crippen MR) is 47.5 cm³/mol. The second-order valence-corrected chi connectivity index (χ2v) is 1.95. The zero-order valence-electron chi connectivity index (χ0n) is 6.34. The second kappa shape index (κ2) is 4.95. The SMILES string of the molecule is N#Cc1cc(NN)ccc1F.[SnH2]. The Morgan fingerprint density at radius 3 is 2.67 bits per heavy atom. The molecule has 0 aliphatic rings. The molecule has 3 nitrogen and oxygen atoms in total. The molecule has 0 unspecified atom stereocenters. The molecule has 0 fully saturated rings. The van der Waals surface area contributed by atoms with Gasteiger partial charge >= 0.3 is 23.9 Å². The average molecular weight is 272 g/mol. The number of rotatable bonds is 1. The van der Waals surface area contributed by atoms with Crippen molar-refractivity contribution >= 4 is 29.6 Å². The minimum atomic E-state index is -0.536. The van der Waals surface area contributed by atoms with Crippen LogP contribution in [-0.2, 0) is 0 Å². The van der Waals surface area contributed by atoms with E-state index in [-0.39, 0.29) is 29.5 Å². The standard InChI is InChI=1S/C7H6FN3.Sn.2H/c8-7-2-1-6(11-10)3-5(7)4-9;;;/h1-3,11H,10H2;;;. The third-order valence-corrected chi connectivity index (χ3v) is 1.25. The summed E-state index contributed by atoms with van der Waals surface area (Å²) >= 11 is 0. The molecule has 12 heavy (non-hydrogen) atoms. The van der Waals surface area contributed by atoms with Gasteiger partial charge in [-0.05, 0) is 18.2 Å². The summed E-state index contributed by atoms with van der Waals surface area (Å²) in [5.74, 6) is 4.51. The second-order valence-electron chi connectivity index (χ2n) is 1.95. The van der Waals surface area contributed by atoms with Crippen LogP contribution in [0.4, 0.5) is 10.1 Å². The molecule has 1 aromatic carbocycles. The summed E-state index contributed by atoms with van der Waals surface area (Å²) in [4.78, 5) is 0. The van der Waals surface area contributed by atoms with Crippen molar-refractivity contribution in [2.75, 3.05) is 5.43 Å². The van der Waals surface area contributed by atoms with Crippen LogP contribution in [0.15, 0.2) is 18.2 Å². The van der Waals surface area contributed by atoms with Gasteiger partial charge in [0.05, 0.1) is 5.56 Å². The fraction of sp³-hybridized carbons (Fsp3) is 0. The van der Waals surface area contributed by atoms with Gasteiger partial charge in [-0.2, -0.15) is 5.26 Å². The van der Waals surface area contributed by atoms with E-state index in [0.29, 0.717) is 5.69 Å². The molecule has 62 valence electrons. The number of nitrogens with zero attached hydrogens (tertiary/aromatic N) is 1. The average Bonchev–Trinajstić information content (AvgIpc) is 2.05. The number of nitrogen functional groups attached to an aromatic ring is 1. The van der Waals surface area contributed by atoms with Crippen LogP contribution in [0.2, 0.25) is 0 Å². The van der Waals surface area contributed by atoms with E-state index in [1.165, 1.54) is 18.2 Å². The first-order valence-corrected chi connectivity index (χ1v) is 2.94. The molecule has 0 amide bonds. The first-order valence-electron chi connectivity index (χ1n) is 2.94. The number of nitriles is 1. The topological polar surface area (TPSA) is 61.8 Å². The fourth-order valence-electron chi connectivity index (χ4n) is 0.701. The van der Waals surface area contributed by atoms with Crippen LogP contribution in [0.1, 0.15) is 5.56 Å². The van der Waals surface area contributed by atoms with Gasteiger partial charge in [-0.1, -0.05) is 0 Å². The third kappa shape index (κ3) is 2.36. The van der Waals surface area contributed by atoms with Gasteiger partial charge in [0.1, 0.15) is 11.9 Å². The Hall–Kier alpha value is -0.801. The van der Waals surface area contributed by atoms with Gasteiger partial charge in [-0.15, -0.1) is 0 Å². The summed E-state index contributed by atoms with van der Waals surface area (Å²) in [6.07, 6.45) is 0. The zero-order valence-corrected chi connectivity index (χ0v) is 10.4. The van der Waals surface area contributed by atoms with Crippen LogP contribution in [0.5, 0.6) is 0 Å². The number of hydrogen-bond donors (Lipinski definition) is 2. The summed E-state index contributed by atoms with van der Waals surface area (Å²) in [5.41, 5.74) is 2.81. The van der Waals surface area contributed by atoms with E-state index >= 15 is 0 Å². The molecule has 0 bridgehead atoms. The monoisotopic (exact) mass is 273 g/mol. The Balaban J connectivity index is 0.00000121. The van der Waals surface area contributed by atoms with Crippen molar-refractivity contribution in [1.82, 2.24) is 0 Å². The van der Waals surface area contributed by atoms with Gasteiger partial charge in [0.2, 0.25) is 0 Å².